The number of hydrogen-bond donors (Lipinski definition) is 4. The lowest BCUT2D eigenvalue weighted by atomic mass is 9.96. The Morgan fingerprint density at radius 1 is 1.05 bits per heavy atom. The van der Waals surface area contributed by atoms with Crippen LogP contribution in [-0.2, 0) is 4.74 Å². The molecule has 0 fully saturated rings. The van der Waals surface area contributed by atoms with Crippen molar-refractivity contribution in [3.8, 4) is 17.2 Å². The average molecular weight is 302 g/mol. The van der Waals surface area contributed by atoms with Crippen LogP contribution in [0, 0.1) is 0 Å². The maximum atomic E-state index is 11.8. The van der Waals surface area contributed by atoms with Gasteiger partial charge in [0.1, 0.15) is 22.8 Å². The third-order valence-corrected chi connectivity index (χ3v) is 3.43. The van der Waals surface area contributed by atoms with Gasteiger partial charge in [0.05, 0.1) is 11.1 Å². The number of carbonyl (C=O) groups is 2. The van der Waals surface area contributed by atoms with Gasteiger partial charge < -0.3 is 25.2 Å². The number of carbonyl (C=O) groups excluding carboxylic acids is 1. The highest BCUT2D eigenvalue weighted by molar-refractivity contribution is 5.97. The fraction of sp³-hybridized carbons (Fsp3) is 0.0667. The molecular formula is C15H10O7. The number of carboxylic acid groups (broad SMARTS) is 1. The van der Waals surface area contributed by atoms with E-state index in [1.54, 1.807) is 0 Å². The van der Waals surface area contributed by atoms with Gasteiger partial charge in [0.2, 0.25) is 0 Å². The summed E-state index contributed by atoms with van der Waals surface area (Å²) in [7, 11) is 0. The van der Waals surface area contributed by atoms with Crippen molar-refractivity contribution in [1.82, 2.24) is 0 Å². The van der Waals surface area contributed by atoms with Crippen LogP contribution in [0.3, 0.4) is 0 Å². The summed E-state index contributed by atoms with van der Waals surface area (Å²) in [6.45, 7) is 0. The Kier molecular flexibility index (Phi) is 2.91. The summed E-state index contributed by atoms with van der Waals surface area (Å²) < 4.78 is 5.09. The standard InChI is InChI=1S/C15H10O7/c16-8-3-1-2-7-11(8)15(21)22-13(7)12-9(17)4-6(14(19)20)5-10(12)18/h1-5,13,16-18H,(H,19,20). The van der Waals surface area contributed by atoms with Gasteiger partial charge in [0.25, 0.3) is 0 Å². The normalized spacial score (nSPS) is 16.2. The summed E-state index contributed by atoms with van der Waals surface area (Å²) in [5, 5.41) is 38.6. The number of aromatic carboxylic acids is 1. The fourth-order valence-electron chi connectivity index (χ4n) is 2.46. The molecule has 0 spiro atoms. The van der Waals surface area contributed by atoms with Crippen LogP contribution in [0.2, 0.25) is 0 Å². The molecule has 0 saturated carbocycles. The highest BCUT2D eigenvalue weighted by atomic mass is 16.6. The van der Waals surface area contributed by atoms with Gasteiger partial charge in [-0.2, -0.15) is 0 Å². The Bertz CT molecular complexity index is 787. The number of cyclic esters (lactones) is 1. The highest BCUT2D eigenvalue weighted by Gasteiger charge is 2.37. The first-order valence-electron chi connectivity index (χ1n) is 6.22. The molecule has 1 aliphatic heterocycles. The number of benzene rings is 2. The molecule has 0 radical (unpaired) electrons. The Morgan fingerprint density at radius 3 is 2.27 bits per heavy atom. The van der Waals surface area contributed by atoms with E-state index in [0.29, 0.717) is 0 Å². The first-order chi connectivity index (χ1) is 10.4. The topological polar surface area (TPSA) is 124 Å². The summed E-state index contributed by atoms with van der Waals surface area (Å²) in [5.74, 6) is -3.43. The van der Waals surface area contributed by atoms with Gasteiger partial charge in [-0.1, -0.05) is 12.1 Å². The smallest absolute Gasteiger partial charge is 0.343 e. The monoisotopic (exact) mass is 302 g/mol. The third kappa shape index (κ3) is 1.91. The number of esters is 1. The number of ether oxygens (including phenoxy) is 1. The summed E-state index contributed by atoms with van der Waals surface area (Å²) in [4.78, 5) is 22.7. The summed E-state index contributed by atoms with van der Waals surface area (Å²) in [6, 6.07) is 6.21. The predicted molar refractivity (Wildman–Crippen MR) is 72.1 cm³/mol. The number of rotatable bonds is 2. The number of aromatic hydroxyl groups is 3. The molecule has 0 aromatic heterocycles. The second-order valence-corrected chi connectivity index (χ2v) is 4.76. The van der Waals surface area contributed by atoms with Crippen LogP contribution >= 0.6 is 0 Å². The summed E-state index contributed by atoms with van der Waals surface area (Å²) in [5.41, 5.74) is -0.214. The van der Waals surface area contributed by atoms with Crippen molar-refractivity contribution in [2.45, 2.75) is 6.10 Å². The second-order valence-electron chi connectivity index (χ2n) is 4.76. The van der Waals surface area contributed by atoms with Crippen LogP contribution in [0.15, 0.2) is 30.3 Å². The Labute approximate surface area is 123 Å². The highest BCUT2D eigenvalue weighted by Crippen LogP contribution is 2.45. The maximum Gasteiger partial charge on any atom is 0.343 e. The molecule has 1 aliphatic rings. The van der Waals surface area contributed by atoms with Gasteiger partial charge in [0.15, 0.2) is 6.10 Å². The van der Waals surface area contributed by atoms with E-state index in [9.17, 15) is 24.9 Å². The van der Waals surface area contributed by atoms with E-state index in [4.69, 9.17) is 9.84 Å². The number of phenolic OH excluding ortho intramolecular Hbond substituents is 3. The number of hydrogen-bond acceptors (Lipinski definition) is 6. The first kappa shape index (κ1) is 13.7. The zero-order valence-corrected chi connectivity index (χ0v) is 11.0. The molecule has 7 nitrogen and oxygen atoms in total. The molecule has 1 unspecified atom stereocenters. The molecule has 0 amide bonds. The molecule has 7 heteroatoms. The fourth-order valence-corrected chi connectivity index (χ4v) is 2.46. The second kappa shape index (κ2) is 4.66. The van der Waals surface area contributed by atoms with E-state index < -0.39 is 29.5 Å². The molecule has 0 aliphatic carbocycles. The van der Waals surface area contributed by atoms with Crippen molar-refractivity contribution in [1.29, 1.82) is 0 Å². The molecule has 0 bridgehead atoms. The minimum absolute atomic E-state index is 0.0476. The van der Waals surface area contributed by atoms with E-state index in [-0.39, 0.29) is 28.0 Å². The molecule has 2 aromatic rings. The maximum absolute atomic E-state index is 11.8. The van der Waals surface area contributed by atoms with E-state index in [0.717, 1.165) is 12.1 Å². The van der Waals surface area contributed by atoms with Crippen molar-refractivity contribution in [2.75, 3.05) is 0 Å². The lowest BCUT2D eigenvalue weighted by Crippen LogP contribution is -2.04. The van der Waals surface area contributed by atoms with Gasteiger partial charge in [-0.05, 0) is 18.2 Å². The zero-order valence-electron chi connectivity index (χ0n) is 11.0. The molecule has 2 aromatic carbocycles. The lowest BCUT2D eigenvalue weighted by molar-refractivity contribution is 0.0447. The van der Waals surface area contributed by atoms with E-state index in [1.807, 2.05) is 0 Å². The van der Waals surface area contributed by atoms with Crippen molar-refractivity contribution >= 4 is 11.9 Å². The molecule has 1 heterocycles. The largest absolute Gasteiger partial charge is 0.507 e. The Balaban J connectivity index is 2.17. The van der Waals surface area contributed by atoms with E-state index >= 15 is 0 Å². The van der Waals surface area contributed by atoms with Crippen molar-refractivity contribution < 1.29 is 34.8 Å². The van der Waals surface area contributed by atoms with Gasteiger partial charge in [-0.15, -0.1) is 0 Å². The van der Waals surface area contributed by atoms with Crippen molar-refractivity contribution in [2.24, 2.45) is 0 Å². The minimum Gasteiger partial charge on any atom is -0.507 e. The lowest BCUT2D eigenvalue weighted by Gasteiger charge is -2.15. The molecular weight excluding hydrogens is 292 g/mol. The van der Waals surface area contributed by atoms with Gasteiger partial charge in [0, 0.05) is 5.56 Å². The molecule has 112 valence electrons. The third-order valence-electron chi connectivity index (χ3n) is 3.43. The predicted octanol–water partition coefficient (Wildman–Crippen LogP) is 1.76. The van der Waals surface area contributed by atoms with Crippen LogP contribution in [0.5, 0.6) is 17.2 Å². The molecule has 1 atom stereocenters. The molecule has 3 rings (SSSR count). The number of carboxylic acids is 1. The Hall–Kier alpha value is -3.22. The van der Waals surface area contributed by atoms with Crippen LogP contribution in [-0.4, -0.2) is 32.4 Å². The SMILES string of the molecule is O=C(O)c1cc(O)c(C2OC(=O)c3c(O)cccc32)c(O)c1. The summed E-state index contributed by atoms with van der Waals surface area (Å²) in [6.07, 6.45) is -1.13. The number of fused-ring (bicyclic) bond motifs is 1. The first-order valence-corrected chi connectivity index (χ1v) is 6.22. The molecule has 22 heavy (non-hydrogen) atoms. The van der Waals surface area contributed by atoms with Crippen LogP contribution in [0.4, 0.5) is 0 Å². The van der Waals surface area contributed by atoms with Crippen LogP contribution in [0.25, 0.3) is 0 Å². The average Bonchev–Trinajstić information content (AvgIpc) is 2.76. The van der Waals surface area contributed by atoms with Crippen molar-refractivity contribution in [3.05, 3.63) is 52.6 Å². The van der Waals surface area contributed by atoms with Gasteiger partial charge >= 0.3 is 11.9 Å². The zero-order chi connectivity index (χ0) is 16.0. The van der Waals surface area contributed by atoms with E-state index in [2.05, 4.69) is 0 Å². The van der Waals surface area contributed by atoms with Gasteiger partial charge in [-0.25, -0.2) is 9.59 Å². The van der Waals surface area contributed by atoms with E-state index in [1.165, 1.54) is 18.2 Å². The number of phenols is 3. The summed E-state index contributed by atoms with van der Waals surface area (Å²) >= 11 is 0. The van der Waals surface area contributed by atoms with Crippen molar-refractivity contribution in [3.63, 3.8) is 0 Å². The quantitative estimate of drug-likeness (QED) is 0.623. The van der Waals surface area contributed by atoms with Crippen LogP contribution < -0.4 is 0 Å². The molecule has 0 saturated heterocycles. The molecule has 4 N–H and O–H groups in total. The van der Waals surface area contributed by atoms with Gasteiger partial charge in [-0.3, -0.25) is 0 Å². The minimum atomic E-state index is -1.32. The Morgan fingerprint density at radius 2 is 1.68 bits per heavy atom. The van der Waals surface area contributed by atoms with Crippen LogP contribution in [0.1, 0.15) is 37.9 Å².